The molecule has 1 aliphatic heterocycles. The Kier molecular flexibility index (Phi) is 6.07. The first-order chi connectivity index (χ1) is 15.5. The number of nitrogens with zero attached hydrogens (tertiary/aromatic N) is 4. The van der Waals surface area contributed by atoms with Gasteiger partial charge in [0.25, 0.3) is 5.91 Å². The average Bonchev–Trinajstić information content (AvgIpc) is 2.80. The molecule has 4 rings (SSSR count). The van der Waals surface area contributed by atoms with E-state index >= 15 is 0 Å². The molecule has 1 aromatic carbocycles. The van der Waals surface area contributed by atoms with Gasteiger partial charge in [-0.1, -0.05) is 11.6 Å². The summed E-state index contributed by atoms with van der Waals surface area (Å²) in [7, 11) is 1.36. The first-order valence-electron chi connectivity index (χ1n) is 9.98. The van der Waals surface area contributed by atoms with Crippen molar-refractivity contribution in [2.75, 3.05) is 30.4 Å². The fourth-order valence-electron chi connectivity index (χ4n) is 3.57. The second kappa shape index (κ2) is 9.09. The number of aromatic nitrogens is 3. The van der Waals surface area contributed by atoms with Gasteiger partial charge in [0.1, 0.15) is 17.1 Å². The van der Waals surface area contributed by atoms with Gasteiger partial charge in [-0.25, -0.2) is 18.7 Å². The van der Waals surface area contributed by atoms with Crippen molar-refractivity contribution >= 4 is 23.1 Å². The molecule has 0 fully saturated rings. The van der Waals surface area contributed by atoms with E-state index in [-0.39, 0.29) is 22.9 Å². The standard InChI is InChI=1S/C23H21F2N5O2/c1-14-8-10-30(22-17(25)6-4-9-26-22)13-15(14)18-11-28-20(12-27-18)29-23(31)21-16(24)5-3-7-19(21)32-2/h3-7,9,11-12H,8,10,13H2,1-2H3,(H,28,29,31). The zero-order chi connectivity index (χ0) is 22.7. The van der Waals surface area contributed by atoms with Gasteiger partial charge in [-0.05, 0) is 43.2 Å². The first-order valence-corrected chi connectivity index (χ1v) is 9.98. The molecule has 7 nitrogen and oxygen atoms in total. The van der Waals surface area contributed by atoms with Gasteiger partial charge in [0.05, 0.1) is 25.2 Å². The van der Waals surface area contributed by atoms with Gasteiger partial charge >= 0.3 is 0 Å². The van der Waals surface area contributed by atoms with Crippen molar-refractivity contribution in [1.82, 2.24) is 15.0 Å². The van der Waals surface area contributed by atoms with E-state index in [1.807, 2.05) is 11.8 Å². The number of benzene rings is 1. The Balaban J connectivity index is 1.52. The van der Waals surface area contributed by atoms with Crippen LogP contribution >= 0.6 is 0 Å². The molecule has 1 N–H and O–H groups in total. The van der Waals surface area contributed by atoms with Crippen molar-refractivity contribution in [2.45, 2.75) is 13.3 Å². The zero-order valence-electron chi connectivity index (χ0n) is 17.6. The molecule has 0 saturated heterocycles. The third-order valence-electron chi connectivity index (χ3n) is 5.28. The number of hydrogen-bond donors (Lipinski definition) is 1. The van der Waals surface area contributed by atoms with Crippen LogP contribution in [0.3, 0.4) is 0 Å². The van der Waals surface area contributed by atoms with E-state index in [1.54, 1.807) is 12.3 Å². The number of anilines is 2. The van der Waals surface area contributed by atoms with Gasteiger partial charge in [0.15, 0.2) is 17.5 Å². The SMILES string of the molecule is COc1cccc(F)c1C(=O)Nc1cnc(C2=C(C)CCN(c3ncccc3F)C2)cn1. The molecule has 0 unspecified atom stereocenters. The van der Waals surface area contributed by atoms with E-state index in [9.17, 15) is 13.6 Å². The highest BCUT2D eigenvalue weighted by Crippen LogP contribution is 2.29. The summed E-state index contributed by atoms with van der Waals surface area (Å²) in [6.07, 6.45) is 5.23. The van der Waals surface area contributed by atoms with Crippen molar-refractivity contribution in [2.24, 2.45) is 0 Å². The van der Waals surface area contributed by atoms with Gasteiger partial charge in [0, 0.05) is 19.3 Å². The van der Waals surface area contributed by atoms with Gasteiger partial charge in [-0.3, -0.25) is 9.78 Å². The number of amides is 1. The second-order valence-electron chi connectivity index (χ2n) is 7.30. The lowest BCUT2D eigenvalue weighted by Gasteiger charge is -2.30. The zero-order valence-corrected chi connectivity index (χ0v) is 17.6. The minimum absolute atomic E-state index is 0.122. The van der Waals surface area contributed by atoms with E-state index in [0.717, 1.165) is 17.6 Å². The summed E-state index contributed by atoms with van der Waals surface area (Å²) in [5.74, 6) is -1.17. The third-order valence-corrected chi connectivity index (χ3v) is 5.28. The molecule has 3 aromatic rings. The number of carbonyl (C=O) groups excluding carboxylic acids is 1. The summed E-state index contributed by atoms with van der Waals surface area (Å²) in [6, 6.07) is 7.08. The lowest BCUT2D eigenvalue weighted by Crippen LogP contribution is -2.32. The number of rotatable bonds is 5. The number of ether oxygens (including phenoxy) is 1. The van der Waals surface area contributed by atoms with Crippen LogP contribution in [0.5, 0.6) is 5.75 Å². The van der Waals surface area contributed by atoms with E-state index < -0.39 is 11.7 Å². The molecule has 164 valence electrons. The topological polar surface area (TPSA) is 80.2 Å². The Morgan fingerprint density at radius 3 is 2.62 bits per heavy atom. The number of hydrogen-bond acceptors (Lipinski definition) is 6. The van der Waals surface area contributed by atoms with E-state index in [2.05, 4.69) is 20.3 Å². The molecule has 0 aliphatic carbocycles. The molecule has 0 spiro atoms. The van der Waals surface area contributed by atoms with Crippen molar-refractivity contribution in [3.8, 4) is 5.75 Å². The fraction of sp³-hybridized carbons (Fsp3) is 0.217. The minimum atomic E-state index is -0.698. The summed E-state index contributed by atoms with van der Waals surface area (Å²) in [6.45, 7) is 3.09. The highest BCUT2D eigenvalue weighted by atomic mass is 19.1. The predicted molar refractivity (Wildman–Crippen MR) is 117 cm³/mol. The number of carbonyl (C=O) groups is 1. The Morgan fingerprint density at radius 2 is 1.91 bits per heavy atom. The monoisotopic (exact) mass is 437 g/mol. The maximum atomic E-state index is 14.2. The molecule has 0 radical (unpaired) electrons. The van der Waals surface area contributed by atoms with Gasteiger partial charge in [0.2, 0.25) is 0 Å². The van der Waals surface area contributed by atoms with E-state index in [0.29, 0.717) is 24.6 Å². The minimum Gasteiger partial charge on any atom is -0.496 e. The molecule has 0 bridgehead atoms. The summed E-state index contributed by atoms with van der Waals surface area (Å²) >= 11 is 0. The average molecular weight is 437 g/mol. The molecule has 1 aliphatic rings. The van der Waals surface area contributed by atoms with Gasteiger partial charge in [-0.2, -0.15) is 0 Å². The quantitative estimate of drug-likeness (QED) is 0.648. The Bertz CT molecular complexity index is 1180. The summed E-state index contributed by atoms with van der Waals surface area (Å²) in [5, 5.41) is 2.54. The molecular weight excluding hydrogens is 416 g/mol. The maximum absolute atomic E-state index is 14.2. The van der Waals surface area contributed by atoms with Crippen LogP contribution in [0.25, 0.3) is 5.57 Å². The number of halogens is 2. The molecule has 32 heavy (non-hydrogen) atoms. The van der Waals surface area contributed by atoms with E-state index in [4.69, 9.17) is 4.74 Å². The van der Waals surface area contributed by atoms with Gasteiger partial charge in [-0.15, -0.1) is 0 Å². The molecular formula is C23H21F2N5O2. The largest absolute Gasteiger partial charge is 0.496 e. The summed E-state index contributed by atoms with van der Waals surface area (Å²) < 4.78 is 33.4. The highest BCUT2D eigenvalue weighted by Gasteiger charge is 2.23. The van der Waals surface area contributed by atoms with Crippen LogP contribution in [-0.2, 0) is 0 Å². The van der Waals surface area contributed by atoms with Crippen LogP contribution < -0.4 is 15.0 Å². The highest BCUT2D eigenvalue weighted by molar-refractivity contribution is 6.05. The van der Waals surface area contributed by atoms with E-state index in [1.165, 1.54) is 43.8 Å². The fourth-order valence-corrected chi connectivity index (χ4v) is 3.57. The predicted octanol–water partition coefficient (Wildman–Crippen LogP) is 4.09. The molecule has 0 atom stereocenters. The number of methoxy groups -OCH3 is 1. The summed E-state index contributed by atoms with van der Waals surface area (Å²) in [5.41, 5.74) is 2.45. The molecule has 3 heterocycles. The molecule has 1 amide bonds. The Morgan fingerprint density at radius 1 is 1.09 bits per heavy atom. The van der Waals surface area contributed by atoms with Crippen LogP contribution in [0.2, 0.25) is 0 Å². The van der Waals surface area contributed by atoms with Crippen molar-refractivity contribution in [1.29, 1.82) is 0 Å². The summed E-state index contributed by atoms with van der Waals surface area (Å²) in [4.78, 5) is 27.2. The van der Waals surface area contributed by atoms with Crippen LogP contribution in [0.15, 0.2) is 54.5 Å². The third kappa shape index (κ3) is 4.27. The van der Waals surface area contributed by atoms with Crippen LogP contribution in [0.4, 0.5) is 20.4 Å². The molecule has 9 heteroatoms. The normalized spacial score (nSPS) is 13.8. The Labute approximate surface area is 183 Å². The number of pyridine rings is 1. The Hall–Kier alpha value is -3.88. The van der Waals surface area contributed by atoms with Crippen LogP contribution in [-0.4, -0.2) is 41.1 Å². The maximum Gasteiger partial charge on any atom is 0.263 e. The molecule has 2 aromatic heterocycles. The van der Waals surface area contributed by atoms with Crippen molar-refractivity contribution < 1.29 is 18.3 Å². The van der Waals surface area contributed by atoms with Crippen LogP contribution in [0.1, 0.15) is 29.4 Å². The molecule has 0 saturated carbocycles. The van der Waals surface area contributed by atoms with Crippen molar-refractivity contribution in [3.05, 3.63) is 77.4 Å². The smallest absolute Gasteiger partial charge is 0.263 e. The lowest BCUT2D eigenvalue weighted by molar-refractivity contribution is 0.101. The second-order valence-corrected chi connectivity index (χ2v) is 7.30. The lowest BCUT2D eigenvalue weighted by atomic mass is 9.99. The van der Waals surface area contributed by atoms with Gasteiger partial charge < -0.3 is 15.0 Å². The number of nitrogens with one attached hydrogen (secondary N) is 1. The van der Waals surface area contributed by atoms with Crippen molar-refractivity contribution in [3.63, 3.8) is 0 Å². The first kappa shape index (κ1) is 21.4. The van der Waals surface area contributed by atoms with Crippen LogP contribution in [0, 0.1) is 11.6 Å².